The number of hydrogen-bond donors (Lipinski definition) is 0. The molecule has 0 amide bonds. The molecular weight excluding hydrogens is 186 g/mol. The molecule has 1 aliphatic heterocycles. The van der Waals surface area contributed by atoms with Gasteiger partial charge in [0, 0.05) is 19.1 Å². The molecule has 0 aromatic heterocycles. The molecule has 1 saturated heterocycles. The van der Waals surface area contributed by atoms with E-state index in [2.05, 4.69) is 42.8 Å². The normalized spacial score (nSPS) is 20.4. The maximum absolute atomic E-state index is 2.65. The van der Waals surface area contributed by atoms with Gasteiger partial charge in [0.15, 0.2) is 0 Å². The molecule has 15 heavy (non-hydrogen) atoms. The summed E-state index contributed by atoms with van der Waals surface area (Å²) in [5, 5.41) is 0. The van der Waals surface area contributed by atoms with Crippen molar-refractivity contribution in [1.82, 2.24) is 14.7 Å². The van der Waals surface area contributed by atoms with Crippen LogP contribution in [0, 0.1) is 0 Å². The maximum atomic E-state index is 2.65. The van der Waals surface area contributed by atoms with Crippen LogP contribution in [0.5, 0.6) is 0 Å². The first-order valence-electron chi connectivity index (χ1n) is 6.20. The van der Waals surface area contributed by atoms with Crippen molar-refractivity contribution in [3.63, 3.8) is 0 Å². The van der Waals surface area contributed by atoms with Crippen LogP contribution in [0.2, 0.25) is 0 Å². The molecule has 0 atom stereocenters. The molecule has 1 fully saturated rings. The SMILES string of the molecule is CCN(CCN(C)C)C1CCN(C)CC1. The van der Waals surface area contributed by atoms with Gasteiger partial charge in [-0.25, -0.2) is 0 Å². The van der Waals surface area contributed by atoms with Gasteiger partial charge in [-0.1, -0.05) is 6.92 Å². The van der Waals surface area contributed by atoms with Crippen molar-refractivity contribution < 1.29 is 0 Å². The van der Waals surface area contributed by atoms with Gasteiger partial charge < -0.3 is 9.80 Å². The highest BCUT2D eigenvalue weighted by Gasteiger charge is 2.21. The van der Waals surface area contributed by atoms with E-state index < -0.39 is 0 Å². The second-order valence-electron chi connectivity index (χ2n) is 4.97. The van der Waals surface area contributed by atoms with Gasteiger partial charge >= 0.3 is 0 Å². The molecule has 0 aliphatic carbocycles. The van der Waals surface area contributed by atoms with E-state index in [0.717, 1.165) is 6.04 Å². The van der Waals surface area contributed by atoms with Crippen LogP contribution in [0.25, 0.3) is 0 Å². The summed E-state index contributed by atoms with van der Waals surface area (Å²) in [4.78, 5) is 7.36. The second-order valence-corrected chi connectivity index (χ2v) is 4.97. The third kappa shape index (κ3) is 4.49. The zero-order chi connectivity index (χ0) is 11.3. The Morgan fingerprint density at radius 1 is 1.13 bits per heavy atom. The monoisotopic (exact) mass is 213 g/mol. The van der Waals surface area contributed by atoms with Crippen LogP contribution in [0.3, 0.4) is 0 Å². The molecule has 1 heterocycles. The van der Waals surface area contributed by atoms with Gasteiger partial charge in [-0.05, 0) is 53.6 Å². The maximum Gasteiger partial charge on any atom is 0.0120 e. The summed E-state index contributed by atoms with van der Waals surface area (Å²) >= 11 is 0. The molecular formula is C12H27N3. The fraction of sp³-hybridized carbons (Fsp3) is 1.00. The van der Waals surface area contributed by atoms with Crippen LogP contribution < -0.4 is 0 Å². The summed E-state index contributed by atoms with van der Waals surface area (Å²) in [7, 11) is 6.54. The quantitative estimate of drug-likeness (QED) is 0.673. The molecule has 0 aromatic rings. The molecule has 3 nitrogen and oxygen atoms in total. The summed E-state index contributed by atoms with van der Waals surface area (Å²) in [5.74, 6) is 0. The molecule has 90 valence electrons. The Bertz CT molecular complexity index is 162. The molecule has 0 unspecified atom stereocenters. The molecule has 3 heteroatoms. The molecule has 0 spiro atoms. The van der Waals surface area contributed by atoms with E-state index in [4.69, 9.17) is 0 Å². The number of nitrogens with zero attached hydrogens (tertiary/aromatic N) is 3. The number of piperidine rings is 1. The van der Waals surface area contributed by atoms with Crippen molar-refractivity contribution in [3.05, 3.63) is 0 Å². The Balaban J connectivity index is 2.31. The highest BCUT2D eigenvalue weighted by atomic mass is 15.2. The third-order valence-corrected chi connectivity index (χ3v) is 3.45. The summed E-state index contributed by atoms with van der Waals surface area (Å²) in [6.45, 7) is 8.42. The zero-order valence-corrected chi connectivity index (χ0v) is 10.9. The Morgan fingerprint density at radius 2 is 1.73 bits per heavy atom. The number of hydrogen-bond acceptors (Lipinski definition) is 3. The predicted molar refractivity (Wildman–Crippen MR) is 66.3 cm³/mol. The van der Waals surface area contributed by atoms with E-state index in [1.165, 1.54) is 45.6 Å². The van der Waals surface area contributed by atoms with Crippen LogP contribution >= 0.6 is 0 Å². The molecule has 0 bridgehead atoms. The smallest absolute Gasteiger partial charge is 0.0120 e. The van der Waals surface area contributed by atoms with Crippen molar-refractivity contribution in [2.45, 2.75) is 25.8 Å². The Morgan fingerprint density at radius 3 is 2.20 bits per heavy atom. The fourth-order valence-corrected chi connectivity index (χ4v) is 2.29. The number of rotatable bonds is 5. The van der Waals surface area contributed by atoms with Gasteiger partial charge in [-0.15, -0.1) is 0 Å². The van der Waals surface area contributed by atoms with E-state index in [0.29, 0.717) is 0 Å². The van der Waals surface area contributed by atoms with Crippen LogP contribution in [-0.4, -0.2) is 74.6 Å². The lowest BCUT2D eigenvalue weighted by Gasteiger charge is -2.37. The first kappa shape index (κ1) is 12.9. The van der Waals surface area contributed by atoms with Gasteiger partial charge in [0.05, 0.1) is 0 Å². The van der Waals surface area contributed by atoms with E-state index in [9.17, 15) is 0 Å². The lowest BCUT2D eigenvalue weighted by molar-refractivity contribution is 0.118. The standard InChI is InChI=1S/C12H27N3/c1-5-15(11-10-13(2)3)12-6-8-14(4)9-7-12/h12H,5-11H2,1-4H3. The van der Waals surface area contributed by atoms with Crippen LogP contribution in [-0.2, 0) is 0 Å². The topological polar surface area (TPSA) is 9.72 Å². The van der Waals surface area contributed by atoms with E-state index in [1.807, 2.05) is 0 Å². The van der Waals surface area contributed by atoms with Crippen molar-refractivity contribution in [2.75, 3.05) is 53.9 Å². The Hall–Kier alpha value is -0.120. The molecule has 0 radical (unpaired) electrons. The minimum absolute atomic E-state index is 0.825. The minimum Gasteiger partial charge on any atom is -0.308 e. The number of likely N-dealkylation sites (tertiary alicyclic amines) is 1. The van der Waals surface area contributed by atoms with Crippen molar-refractivity contribution in [2.24, 2.45) is 0 Å². The van der Waals surface area contributed by atoms with Crippen LogP contribution in [0.4, 0.5) is 0 Å². The zero-order valence-electron chi connectivity index (χ0n) is 10.9. The van der Waals surface area contributed by atoms with Gasteiger partial charge in [-0.3, -0.25) is 4.90 Å². The molecule has 0 saturated carbocycles. The summed E-state index contributed by atoms with van der Waals surface area (Å²) in [6, 6.07) is 0.825. The highest BCUT2D eigenvalue weighted by Crippen LogP contribution is 2.14. The average molecular weight is 213 g/mol. The largest absolute Gasteiger partial charge is 0.308 e. The predicted octanol–water partition coefficient (Wildman–Crippen LogP) is 0.964. The number of likely N-dealkylation sites (N-methyl/N-ethyl adjacent to an activating group) is 2. The first-order valence-corrected chi connectivity index (χ1v) is 6.20. The molecule has 1 rings (SSSR count). The minimum atomic E-state index is 0.825. The summed E-state index contributed by atoms with van der Waals surface area (Å²) < 4.78 is 0. The van der Waals surface area contributed by atoms with Gasteiger partial charge in [0.25, 0.3) is 0 Å². The highest BCUT2D eigenvalue weighted by molar-refractivity contribution is 4.78. The molecule has 1 aliphatic rings. The second kappa shape index (κ2) is 6.46. The lowest BCUT2D eigenvalue weighted by Crippen LogP contribution is -2.45. The Labute approximate surface area is 95.0 Å². The van der Waals surface area contributed by atoms with Crippen molar-refractivity contribution in [1.29, 1.82) is 0 Å². The molecule has 0 aromatic carbocycles. The molecule has 0 N–H and O–H groups in total. The van der Waals surface area contributed by atoms with Gasteiger partial charge in [-0.2, -0.15) is 0 Å². The summed E-state index contributed by atoms with van der Waals surface area (Å²) in [6.07, 6.45) is 2.69. The van der Waals surface area contributed by atoms with Crippen LogP contribution in [0.15, 0.2) is 0 Å². The van der Waals surface area contributed by atoms with Crippen molar-refractivity contribution >= 4 is 0 Å². The van der Waals surface area contributed by atoms with Gasteiger partial charge in [0.1, 0.15) is 0 Å². The van der Waals surface area contributed by atoms with Gasteiger partial charge in [0.2, 0.25) is 0 Å². The van der Waals surface area contributed by atoms with E-state index >= 15 is 0 Å². The fourth-order valence-electron chi connectivity index (χ4n) is 2.29. The average Bonchev–Trinajstić information content (AvgIpc) is 2.21. The Kier molecular flexibility index (Phi) is 5.58. The summed E-state index contributed by atoms with van der Waals surface area (Å²) in [5.41, 5.74) is 0. The van der Waals surface area contributed by atoms with E-state index in [-0.39, 0.29) is 0 Å². The van der Waals surface area contributed by atoms with Crippen molar-refractivity contribution in [3.8, 4) is 0 Å². The lowest BCUT2D eigenvalue weighted by atomic mass is 10.0. The van der Waals surface area contributed by atoms with Crippen LogP contribution in [0.1, 0.15) is 19.8 Å². The first-order chi connectivity index (χ1) is 7.13. The van der Waals surface area contributed by atoms with E-state index in [1.54, 1.807) is 0 Å². The third-order valence-electron chi connectivity index (χ3n) is 3.45.